The van der Waals surface area contributed by atoms with Gasteiger partial charge in [-0.15, -0.1) is 0 Å². The molecule has 0 bridgehead atoms. The molecule has 2 aliphatic rings. The molecule has 0 aromatic carbocycles. The number of aliphatic hydroxyl groups is 1. The van der Waals surface area contributed by atoms with Crippen molar-refractivity contribution in [2.45, 2.75) is 77.8 Å². The first-order chi connectivity index (χ1) is 9.97. The van der Waals surface area contributed by atoms with Crippen molar-refractivity contribution in [3.05, 3.63) is 0 Å². The highest BCUT2D eigenvalue weighted by Gasteiger charge is 2.41. The smallest absolute Gasteiger partial charge is 0.0431 e. The molecule has 124 valence electrons. The molecule has 1 saturated heterocycles. The molecule has 2 rings (SSSR count). The molecule has 2 fully saturated rings. The van der Waals surface area contributed by atoms with Crippen LogP contribution in [0.5, 0.6) is 0 Å². The molecule has 0 aromatic rings. The first-order valence-corrected chi connectivity index (χ1v) is 9.04. The van der Waals surface area contributed by atoms with Crippen LogP contribution in [0.2, 0.25) is 0 Å². The molecule has 4 unspecified atom stereocenters. The lowest BCUT2D eigenvalue weighted by atomic mass is 9.67. The molecule has 0 aromatic heterocycles. The first-order valence-electron chi connectivity index (χ1n) is 9.04. The fourth-order valence-electron chi connectivity index (χ4n) is 4.61. The van der Waals surface area contributed by atoms with Gasteiger partial charge in [0, 0.05) is 18.7 Å². The number of aliphatic hydroxyl groups excluding tert-OH is 1. The molecule has 3 N–H and O–H groups in total. The summed E-state index contributed by atoms with van der Waals surface area (Å²) in [7, 11) is 0. The van der Waals surface area contributed by atoms with E-state index in [1.807, 2.05) is 0 Å². The van der Waals surface area contributed by atoms with E-state index in [9.17, 15) is 0 Å². The van der Waals surface area contributed by atoms with Crippen LogP contribution in [-0.4, -0.2) is 41.8 Å². The summed E-state index contributed by atoms with van der Waals surface area (Å²) in [6, 6.07) is 1.37. The minimum absolute atomic E-state index is 0.333. The SMILES string of the molecule is CC(C)(C)C1CCC(CN)C(N2CCCC2CCCO)C1. The van der Waals surface area contributed by atoms with Gasteiger partial charge in [-0.2, -0.15) is 0 Å². The zero-order valence-electron chi connectivity index (χ0n) is 14.4. The number of nitrogens with two attached hydrogens (primary N) is 1. The van der Waals surface area contributed by atoms with E-state index in [0.717, 1.165) is 25.3 Å². The number of nitrogens with zero attached hydrogens (tertiary/aromatic N) is 1. The minimum atomic E-state index is 0.333. The van der Waals surface area contributed by atoms with Crippen molar-refractivity contribution in [3.63, 3.8) is 0 Å². The predicted octanol–water partition coefficient (Wildman–Crippen LogP) is 3.01. The van der Waals surface area contributed by atoms with Crippen LogP contribution in [0, 0.1) is 17.3 Å². The summed E-state index contributed by atoms with van der Waals surface area (Å²) in [6.45, 7) is 9.60. The Morgan fingerprint density at radius 2 is 1.95 bits per heavy atom. The van der Waals surface area contributed by atoms with Crippen LogP contribution in [0.1, 0.15) is 65.7 Å². The monoisotopic (exact) mass is 296 g/mol. The van der Waals surface area contributed by atoms with Crippen molar-refractivity contribution in [2.24, 2.45) is 23.0 Å². The maximum absolute atomic E-state index is 9.13. The summed E-state index contributed by atoms with van der Waals surface area (Å²) < 4.78 is 0. The number of hydrogen-bond donors (Lipinski definition) is 2. The van der Waals surface area contributed by atoms with E-state index in [1.54, 1.807) is 0 Å². The molecule has 3 nitrogen and oxygen atoms in total. The lowest BCUT2D eigenvalue weighted by Gasteiger charge is -2.46. The van der Waals surface area contributed by atoms with Gasteiger partial charge in [0.1, 0.15) is 0 Å². The second kappa shape index (κ2) is 7.43. The van der Waals surface area contributed by atoms with E-state index in [-0.39, 0.29) is 0 Å². The third-order valence-electron chi connectivity index (χ3n) is 6.03. The molecule has 4 atom stereocenters. The summed E-state index contributed by atoms with van der Waals surface area (Å²) in [4.78, 5) is 2.77. The largest absolute Gasteiger partial charge is 0.396 e. The van der Waals surface area contributed by atoms with Gasteiger partial charge in [0.25, 0.3) is 0 Å². The molecule has 0 amide bonds. The minimum Gasteiger partial charge on any atom is -0.396 e. The maximum Gasteiger partial charge on any atom is 0.0431 e. The highest BCUT2D eigenvalue weighted by molar-refractivity contribution is 4.95. The molecular weight excluding hydrogens is 260 g/mol. The molecule has 3 heteroatoms. The van der Waals surface area contributed by atoms with Crippen molar-refractivity contribution in [1.82, 2.24) is 4.90 Å². The first kappa shape index (κ1) is 17.2. The predicted molar refractivity (Wildman–Crippen MR) is 89.2 cm³/mol. The van der Waals surface area contributed by atoms with Gasteiger partial charge in [-0.05, 0) is 75.3 Å². The van der Waals surface area contributed by atoms with E-state index in [2.05, 4.69) is 25.7 Å². The molecule has 0 spiro atoms. The van der Waals surface area contributed by atoms with Crippen LogP contribution in [0.4, 0.5) is 0 Å². The Morgan fingerprint density at radius 3 is 2.57 bits per heavy atom. The average Bonchev–Trinajstić information content (AvgIpc) is 2.91. The quantitative estimate of drug-likeness (QED) is 0.820. The van der Waals surface area contributed by atoms with E-state index in [1.165, 1.54) is 38.6 Å². The van der Waals surface area contributed by atoms with Gasteiger partial charge in [-0.25, -0.2) is 0 Å². The van der Waals surface area contributed by atoms with Crippen LogP contribution in [0.25, 0.3) is 0 Å². The maximum atomic E-state index is 9.13. The third-order valence-corrected chi connectivity index (χ3v) is 6.03. The lowest BCUT2D eigenvalue weighted by molar-refractivity contribution is 0.0349. The zero-order chi connectivity index (χ0) is 15.5. The molecular formula is C18H36N2O. The van der Waals surface area contributed by atoms with Gasteiger partial charge in [-0.3, -0.25) is 4.90 Å². The molecule has 1 aliphatic heterocycles. The standard InChI is InChI=1S/C18H36N2O/c1-18(2,3)15-9-8-14(13-19)17(12-15)20-10-4-6-16(20)7-5-11-21/h14-17,21H,4-13,19H2,1-3H3. The van der Waals surface area contributed by atoms with Gasteiger partial charge < -0.3 is 10.8 Å². The summed E-state index contributed by atoms with van der Waals surface area (Å²) in [5.74, 6) is 1.50. The Kier molecular flexibility index (Phi) is 6.10. The van der Waals surface area contributed by atoms with Crippen molar-refractivity contribution < 1.29 is 5.11 Å². The number of hydrogen-bond acceptors (Lipinski definition) is 3. The van der Waals surface area contributed by atoms with Crippen LogP contribution >= 0.6 is 0 Å². The van der Waals surface area contributed by atoms with Crippen molar-refractivity contribution >= 4 is 0 Å². The Hall–Kier alpha value is -0.120. The summed E-state index contributed by atoms with van der Waals surface area (Å²) in [5.41, 5.74) is 6.51. The van der Waals surface area contributed by atoms with Crippen LogP contribution in [0.15, 0.2) is 0 Å². The zero-order valence-corrected chi connectivity index (χ0v) is 14.4. The Balaban J connectivity index is 2.05. The van der Waals surface area contributed by atoms with Gasteiger partial charge in [-0.1, -0.05) is 20.8 Å². The summed E-state index contributed by atoms with van der Waals surface area (Å²) in [6.07, 6.45) is 8.71. The fraction of sp³-hybridized carbons (Fsp3) is 1.00. The van der Waals surface area contributed by atoms with Crippen LogP contribution in [-0.2, 0) is 0 Å². The van der Waals surface area contributed by atoms with Gasteiger partial charge in [0.15, 0.2) is 0 Å². The normalized spacial score (nSPS) is 35.3. The Bertz CT molecular complexity index is 313. The van der Waals surface area contributed by atoms with Crippen LogP contribution in [0.3, 0.4) is 0 Å². The average molecular weight is 296 g/mol. The summed E-state index contributed by atoms with van der Waals surface area (Å²) in [5, 5.41) is 9.13. The van der Waals surface area contributed by atoms with Gasteiger partial charge >= 0.3 is 0 Å². The van der Waals surface area contributed by atoms with Gasteiger partial charge in [0.05, 0.1) is 0 Å². The molecule has 1 heterocycles. The van der Waals surface area contributed by atoms with Gasteiger partial charge in [0.2, 0.25) is 0 Å². The Morgan fingerprint density at radius 1 is 1.19 bits per heavy atom. The molecule has 21 heavy (non-hydrogen) atoms. The van der Waals surface area contributed by atoms with E-state index < -0.39 is 0 Å². The second-order valence-corrected chi connectivity index (χ2v) is 8.34. The van der Waals surface area contributed by atoms with Crippen LogP contribution < -0.4 is 5.73 Å². The number of rotatable bonds is 5. The van der Waals surface area contributed by atoms with Crippen molar-refractivity contribution in [3.8, 4) is 0 Å². The molecule has 0 radical (unpaired) electrons. The fourth-order valence-corrected chi connectivity index (χ4v) is 4.61. The highest BCUT2D eigenvalue weighted by atomic mass is 16.2. The van der Waals surface area contributed by atoms with E-state index in [4.69, 9.17) is 10.8 Å². The second-order valence-electron chi connectivity index (χ2n) is 8.34. The Labute approximate surface area is 131 Å². The number of likely N-dealkylation sites (tertiary alicyclic amines) is 1. The third kappa shape index (κ3) is 4.20. The molecule has 1 aliphatic carbocycles. The topological polar surface area (TPSA) is 49.5 Å². The van der Waals surface area contributed by atoms with E-state index >= 15 is 0 Å². The summed E-state index contributed by atoms with van der Waals surface area (Å²) >= 11 is 0. The van der Waals surface area contributed by atoms with Crippen molar-refractivity contribution in [1.29, 1.82) is 0 Å². The van der Waals surface area contributed by atoms with Crippen molar-refractivity contribution in [2.75, 3.05) is 19.7 Å². The molecule has 1 saturated carbocycles. The lowest BCUT2D eigenvalue weighted by Crippen LogP contribution is -2.50. The van der Waals surface area contributed by atoms with E-state index in [0.29, 0.717) is 30.0 Å². The highest BCUT2D eigenvalue weighted by Crippen LogP contribution is 2.43.